The topological polar surface area (TPSA) is 61.8 Å². The molecule has 0 aliphatic rings. The number of halogens is 17. The predicted octanol–water partition coefficient (Wildman–Crippen LogP) is 8.13. The summed E-state index contributed by atoms with van der Waals surface area (Å²) < 4.78 is 240. The molecule has 0 aliphatic carbocycles. The van der Waals surface area contributed by atoms with E-state index in [1.165, 1.54) is 0 Å². The SMILES string of the molecule is C=CC(=O)OCCCOc1ccc(C(=O)OCCCC(F)(F)C(F)(F)C(F)(F)C(F)(F)C(F)(F)C(F)(F)C(F)(F)C(F)(F)F)cc1. The Morgan fingerprint density at radius 2 is 1.02 bits per heavy atom. The molecule has 1 aromatic rings. The van der Waals surface area contributed by atoms with Crippen molar-refractivity contribution in [1.82, 2.24) is 0 Å². The van der Waals surface area contributed by atoms with E-state index in [0.717, 1.165) is 30.3 Å². The molecule has 0 spiro atoms. The number of alkyl halides is 17. The first-order valence-electron chi connectivity index (χ1n) is 12.0. The normalized spacial score (nSPS) is 14.1. The van der Waals surface area contributed by atoms with Crippen molar-refractivity contribution in [3.63, 3.8) is 0 Å². The lowest BCUT2D eigenvalue weighted by atomic mass is 9.88. The third-order valence-electron chi connectivity index (χ3n) is 5.71. The highest BCUT2D eigenvalue weighted by Gasteiger charge is 2.95. The second kappa shape index (κ2) is 13.7. The molecule has 1 rings (SSSR count). The van der Waals surface area contributed by atoms with E-state index in [4.69, 9.17) is 4.74 Å². The maximum Gasteiger partial charge on any atom is 0.460 e. The molecule has 0 amide bonds. The number of ether oxygens (including phenoxy) is 3. The number of hydrogen-bond acceptors (Lipinski definition) is 5. The number of esters is 2. The Labute approximate surface area is 246 Å². The van der Waals surface area contributed by atoms with Crippen molar-refractivity contribution < 1.29 is 98.4 Å². The van der Waals surface area contributed by atoms with Crippen LogP contribution >= 0.6 is 0 Å². The van der Waals surface area contributed by atoms with Gasteiger partial charge in [-0.25, -0.2) is 9.59 Å². The fourth-order valence-corrected chi connectivity index (χ4v) is 3.06. The summed E-state index contributed by atoms with van der Waals surface area (Å²) >= 11 is 0. The van der Waals surface area contributed by atoms with Crippen LogP contribution < -0.4 is 4.74 Å². The first-order valence-corrected chi connectivity index (χ1v) is 12.0. The predicted molar refractivity (Wildman–Crippen MR) is 118 cm³/mol. The first kappa shape index (κ1) is 40.5. The Kier molecular flexibility index (Phi) is 12.1. The van der Waals surface area contributed by atoms with E-state index in [1.807, 2.05) is 0 Å². The van der Waals surface area contributed by atoms with Crippen LogP contribution in [-0.2, 0) is 14.3 Å². The molecule has 1 aromatic carbocycles. The van der Waals surface area contributed by atoms with Gasteiger partial charge in [0, 0.05) is 18.9 Å². The Bertz CT molecular complexity index is 1210. The summed E-state index contributed by atoms with van der Waals surface area (Å²) in [6.45, 7) is 1.78. The van der Waals surface area contributed by atoms with Crippen molar-refractivity contribution in [2.45, 2.75) is 66.9 Å². The molecule has 0 aromatic heterocycles. The molecular formula is C24H19F17O5. The van der Waals surface area contributed by atoms with Gasteiger partial charge in [-0.15, -0.1) is 0 Å². The quantitative estimate of drug-likeness (QED) is 0.0708. The van der Waals surface area contributed by atoms with Crippen LogP contribution in [0.15, 0.2) is 36.9 Å². The summed E-state index contributed by atoms with van der Waals surface area (Å²) in [6, 6.07) is 4.35. The van der Waals surface area contributed by atoms with Crippen LogP contribution in [0.4, 0.5) is 74.6 Å². The molecule has 0 atom stereocenters. The molecule has 0 unspecified atom stereocenters. The fraction of sp³-hybridized carbons (Fsp3) is 0.583. The molecule has 46 heavy (non-hydrogen) atoms. The average molecular weight is 710 g/mol. The summed E-state index contributed by atoms with van der Waals surface area (Å²) in [5, 5.41) is 0. The molecule has 0 saturated carbocycles. The molecule has 0 aliphatic heterocycles. The van der Waals surface area contributed by atoms with Gasteiger partial charge in [-0.2, -0.15) is 74.6 Å². The molecule has 0 bridgehead atoms. The van der Waals surface area contributed by atoms with Crippen molar-refractivity contribution in [1.29, 1.82) is 0 Å². The minimum atomic E-state index is -8.70. The maximum atomic E-state index is 13.9. The lowest BCUT2D eigenvalue weighted by Crippen LogP contribution is -2.74. The van der Waals surface area contributed by atoms with Gasteiger partial charge >= 0.3 is 59.6 Å². The van der Waals surface area contributed by atoms with E-state index < -0.39 is 79.0 Å². The van der Waals surface area contributed by atoms with E-state index in [0.29, 0.717) is 0 Å². The first-order chi connectivity index (χ1) is 20.6. The molecule has 5 nitrogen and oxygen atoms in total. The Hall–Kier alpha value is -3.49. The molecule has 0 N–H and O–H groups in total. The van der Waals surface area contributed by atoms with Crippen molar-refractivity contribution in [3.8, 4) is 5.75 Å². The zero-order valence-electron chi connectivity index (χ0n) is 22.3. The molecular weight excluding hydrogens is 691 g/mol. The van der Waals surface area contributed by atoms with Crippen molar-refractivity contribution >= 4 is 11.9 Å². The summed E-state index contributed by atoms with van der Waals surface area (Å²) in [5.41, 5.74) is -0.352. The van der Waals surface area contributed by atoms with Crippen LogP contribution in [0.25, 0.3) is 0 Å². The monoisotopic (exact) mass is 710 g/mol. The average Bonchev–Trinajstić information content (AvgIpc) is 2.93. The number of benzene rings is 1. The molecule has 0 saturated heterocycles. The molecule has 264 valence electrons. The third kappa shape index (κ3) is 7.55. The molecule has 22 heteroatoms. The zero-order chi connectivity index (χ0) is 36.2. The Morgan fingerprint density at radius 1 is 0.587 bits per heavy atom. The highest BCUT2D eigenvalue weighted by atomic mass is 19.4. The van der Waals surface area contributed by atoms with Crippen LogP contribution in [0.1, 0.15) is 29.6 Å². The van der Waals surface area contributed by atoms with Gasteiger partial charge in [0.1, 0.15) is 5.75 Å². The second-order valence-corrected chi connectivity index (χ2v) is 8.99. The minimum absolute atomic E-state index is 0.0120. The lowest BCUT2D eigenvalue weighted by Gasteiger charge is -2.42. The van der Waals surface area contributed by atoms with Crippen LogP contribution in [0.3, 0.4) is 0 Å². The highest BCUT2D eigenvalue weighted by molar-refractivity contribution is 5.89. The summed E-state index contributed by atoms with van der Waals surface area (Å²) in [5.74, 6) is -58.8. The van der Waals surface area contributed by atoms with Gasteiger partial charge in [-0.05, 0) is 30.7 Å². The standard InChI is InChI=1S/C24H19F17O5/c1-2-15(42)45-12-4-11-44-14-7-5-13(6-8-14)16(43)46-10-3-9-17(25,26)18(27,28)19(29,30)20(31,32)21(33,34)22(35,36)23(37,38)24(39,40)41/h2,5-8H,1,3-4,9-12H2. The van der Waals surface area contributed by atoms with E-state index in [2.05, 4.69) is 16.1 Å². The van der Waals surface area contributed by atoms with Gasteiger partial charge in [0.05, 0.1) is 25.4 Å². The lowest BCUT2D eigenvalue weighted by molar-refractivity contribution is -0.461. The van der Waals surface area contributed by atoms with E-state index in [-0.39, 0.29) is 30.9 Å². The number of hydrogen-bond donors (Lipinski definition) is 0. The van der Waals surface area contributed by atoms with E-state index >= 15 is 0 Å². The van der Waals surface area contributed by atoms with E-state index in [9.17, 15) is 84.2 Å². The van der Waals surface area contributed by atoms with Gasteiger partial charge in [0.25, 0.3) is 0 Å². The minimum Gasteiger partial charge on any atom is -0.493 e. The van der Waals surface area contributed by atoms with Gasteiger partial charge in [-0.3, -0.25) is 0 Å². The van der Waals surface area contributed by atoms with Gasteiger partial charge in [-0.1, -0.05) is 6.58 Å². The zero-order valence-corrected chi connectivity index (χ0v) is 22.3. The van der Waals surface area contributed by atoms with Crippen LogP contribution in [0, 0.1) is 0 Å². The van der Waals surface area contributed by atoms with Crippen molar-refractivity contribution in [2.24, 2.45) is 0 Å². The third-order valence-corrected chi connectivity index (χ3v) is 5.71. The van der Waals surface area contributed by atoms with Crippen LogP contribution in [-0.4, -0.2) is 79.4 Å². The van der Waals surface area contributed by atoms with Gasteiger partial charge in [0.15, 0.2) is 0 Å². The largest absolute Gasteiger partial charge is 0.493 e. The molecule has 0 radical (unpaired) electrons. The molecule has 0 heterocycles. The Balaban J connectivity index is 2.91. The number of carbonyl (C=O) groups is 2. The summed E-state index contributed by atoms with van der Waals surface area (Å²) in [4.78, 5) is 22.8. The van der Waals surface area contributed by atoms with Crippen LogP contribution in [0.2, 0.25) is 0 Å². The summed E-state index contributed by atoms with van der Waals surface area (Å²) in [6.07, 6.45) is -11.0. The molecule has 0 fully saturated rings. The smallest absolute Gasteiger partial charge is 0.460 e. The number of rotatable bonds is 17. The van der Waals surface area contributed by atoms with Gasteiger partial charge in [0.2, 0.25) is 0 Å². The van der Waals surface area contributed by atoms with Crippen LogP contribution in [0.5, 0.6) is 5.75 Å². The second-order valence-electron chi connectivity index (χ2n) is 8.99. The Morgan fingerprint density at radius 3 is 1.48 bits per heavy atom. The van der Waals surface area contributed by atoms with E-state index in [1.54, 1.807) is 0 Å². The number of carbonyl (C=O) groups excluding carboxylic acids is 2. The maximum absolute atomic E-state index is 13.9. The van der Waals surface area contributed by atoms with Crippen molar-refractivity contribution in [2.75, 3.05) is 19.8 Å². The summed E-state index contributed by atoms with van der Waals surface area (Å²) in [7, 11) is 0. The highest BCUT2D eigenvalue weighted by Crippen LogP contribution is 2.64. The van der Waals surface area contributed by atoms with Gasteiger partial charge < -0.3 is 14.2 Å². The van der Waals surface area contributed by atoms with Crippen molar-refractivity contribution in [3.05, 3.63) is 42.5 Å². The fourth-order valence-electron chi connectivity index (χ4n) is 3.06.